The Bertz CT molecular complexity index is 449. The summed E-state index contributed by atoms with van der Waals surface area (Å²) < 4.78 is 26.8. The molecule has 0 radical (unpaired) electrons. The van der Waals surface area contributed by atoms with Gasteiger partial charge in [-0.15, -0.1) is 11.3 Å². The first-order valence-corrected chi connectivity index (χ1v) is 7.65. The zero-order chi connectivity index (χ0) is 11.6. The van der Waals surface area contributed by atoms with Crippen LogP contribution >= 0.6 is 11.3 Å². The normalized spacial score (nSPS) is 16.6. The lowest BCUT2D eigenvalue weighted by Gasteiger charge is -2.02. The summed E-state index contributed by atoms with van der Waals surface area (Å²) in [5, 5.41) is 3.00. The van der Waals surface area contributed by atoms with E-state index >= 15 is 0 Å². The van der Waals surface area contributed by atoms with E-state index in [9.17, 15) is 8.42 Å². The van der Waals surface area contributed by atoms with Gasteiger partial charge in [-0.1, -0.05) is 0 Å². The lowest BCUT2D eigenvalue weighted by molar-refractivity contribution is 0.579. The van der Waals surface area contributed by atoms with Crippen LogP contribution in [0.4, 0.5) is 0 Å². The lowest BCUT2D eigenvalue weighted by atomic mass is 10.4. The Morgan fingerprint density at radius 3 is 2.81 bits per heavy atom. The van der Waals surface area contributed by atoms with Crippen molar-refractivity contribution in [2.75, 3.05) is 13.6 Å². The topological polar surface area (TPSA) is 58.2 Å². The van der Waals surface area contributed by atoms with Gasteiger partial charge < -0.3 is 5.32 Å². The molecule has 1 fully saturated rings. The van der Waals surface area contributed by atoms with Gasteiger partial charge in [0, 0.05) is 18.0 Å². The zero-order valence-corrected chi connectivity index (χ0v) is 10.8. The second-order valence-corrected chi connectivity index (χ2v) is 7.21. The highest BCUT2D eigenvalue weighted by molar-refractivity contribution is 7.91. The first-order valence-electron chi connectivity index (χ1n) is 5.35. The van der Waals surface area contributed by atoms with Crippen molar-refractivity contribution in [2.24, 2.45) is 5.92 Å². The number of thiophene rings is 1. The molecule has 0 aromatic carbocycles. The van der Waals surface area contributed by atoms with Gasteiger partial charge in [-0.05, 0) is 37.9 Å². The third kappa shape index (κ3) is 3.04. The van der Waals surface area contributed by atoms with Crippen LogP contribution in [-0.2, 0) is 16.6 Å². The van der Waals surface area contributed by atoms with Crippen molar-refractivity contribution in [2.45, 2.75) is 23.6 Å². The molecule has 4 nitrogen and oxygen atoms in total. The van der Waals surface area contributed by atoms with Gasteiger partial charge in [0.1, 0.15) is 4.21 Å². The quantitative estimate of drug-likeness (QED) is 0.807. The van der Waals surface area contributed by atoms with E-state index in [1.54, 1.807) is 6.07 Å². The molecular formula is C10H16N2O2S2. The molecule has 0 amide bonds. The van der Waals surface area contributed by atoms with Crippen LogP contribution in [0.3, 0.4) is 0 Å². The highest BCUT2D eigenvalue weighted by atomic mass is 32.2. The Morgan fingerprint density at radius 1 is 1.44 bits per heavy atom. The molecule has 6 heteroatoms. The van der Waals surface area contributed by atoms with E-state index < -0.39 is 10.0 Å². The maximum atomic E-state index is 11.9. The van der Waals surface area contributed by atoms with Gasteiger partial charge in [-0.25, -0.2) is 13.1 Å². The highest BCUT2D eigenvalue weighted by Crippen LogP contribution is 2.28. The Balaban J connectivity index is 2.02. The van der Waals surface area contributed by atoms with Gasteiger partial charge >= 0.3 is 0 Å². The molecule has 2 N–H and O–H groups in total. The summed E-state index contributed by atoms with van der Waals surface area (Å²) in [5.74, 6) is 0.562. The number of rotatable bonds is 6. The molecule has 0 atom stereocenters. The summed E-state index contributed by atoms with van der Waals surface area (Å²) >= 11 is 1.32. The summed E-state index contributed by atoms with van der Waals surface area (Å²) in [4.78, 5) is 1.04. The van der Waals surface area contributed by atoms with E-state index in [0.29, 0.717) is 23.2 Å². The van der Waals surface area contributed by atoms with Crippen LogP contribution < -0.4 is 10.0 Å². The second-order valence-electron chi connectivity index (χ2n) is 4.05. The van der Waals surface area contributed by atoms with Gasteiger partial charge in [-0.2, -0.15) is 0 Å². The van der Waals surface area contributed by atoms with Crippen molar-refractivity contribution in [3.05, 3.63) is 17.0 Å². The summed E-state index contributed by atoms with van der Waals surface area (Å²) in [5.41, 5.74) is 0. The maximum Gasteiger partial charge on any atom is 0.250 e. The molecule has 2 rings (SSSR count). The fraction of sp³-hybridized carbons (Fsp3) is 0.600. The van der Waals surface area contributed by atoms with Crippen LogP contribution in [0.25, 0.3) is 0 Å². The monoisotopic (exact) mass is 260 g/mol. The number of hydrogen-bond donors (Lipinski definition) is 2. The van der Waals surface area contributed by atoms with Gasteiger partial charge in [-0.3, -0.25) is 0 Å². The molecule has 1 heterocycles. The molecule has 1 aliphatic carbocycles. The van der Waals surface area contributed by atoms with Crippen molar-refractivity contribution in [3.8, 4) is 0 Å². The fourth-order valence-electron chi connectivity index (χ4n) is 1.39. The molecule has 0 unspecified atom stereocenters. The van der Waals surface area contributed by atoms with Crippen molar-refractivity contribution >= 4 is 21.4 Å². The van der Waals surface area contributed by atoms with Crippen LogP contribution in [0.2, 0.25) is 0 Å². The average molecular weight is 260 g/mol. The van der Waals surface area contributed by atoms with Gasteiger partial charge in [0.05, 0.1) is 0 Å². The van der Waals surface area contributed by atoms with Crippen LogP contribution in [-0.4, -0.2) is 22.0 Å². The van der Waals surface area contributed by atoms with Crippen molar-refractivity contribution in [3.63, 3.8) is 0 Å². The Kier molecular flexibility index (Phi) is 3.63. The SMILES string of the molecule is CNCc1ccc(S(=O)(=O)NCC2CC2)s1. The molecular weight excluding hydrogens is 244 g/mol. The molecule has 0 saturated heterocycles. The van der Waals surface area contributed by atoms with Gasteiger partial charge in [0.2, 0.25) is 10.0 Å². The maximum absolute atomic E-state index is 11.9. The lowest BCUT2D eigenvalue weighted by Crippen LogP contribution is -2.25. The van der Waals surface area contributed by atoms with Crippen LogP contribution in [0.5, 0.6) is 0 Å². The molecule has 1 aromatic heterocycles. The molecule has 16 heavy (non-hydrogen) atoms. The van der Waals surface area contributed by atoms with E-state index in [4.69, 9.17) is 0 Å². The standard InChI is InChI=1S/C10H16N2O2S2/c1-11-7-9-4-5-10(15-9)16(13,14)12-6-8-2-3-8/h4-5,8,11-12H,2-3,6-7H2,1H3. The van der Waals surface area contributed by atoms with Gasteiger partial charge in [0.25, 0.3) is 0 Å². The number of nitrogens with one attached hydrogen (secondary N) is 2. The summed E-state index contributed by atoms with van der Waals surface area (Å²) in [6.07, 6.45) is 2.30. The highest BCUT2D eigenvalue weighted by Gasteiger charge is 2.24. The fourth-order valence-corrected chi connectivity index (χ4v) is 3.92. The minimum Gasteiger partial charge on any atom is -0.315 e. The number of sulfonamides is 1. The predicted molar refractivity (Wildman–Crippen MR) is 65.0 cm³/mol. The molecule has 90 valence electrons. The van der Waals surface area contributed by atoms with Crippen molar-refractivity contribution < 1.29 is 8.42 Å². The molecule has 0 bridgehead atoms. The van der Waals surface area contributed by atoms with E-state index in [1.807, 2.05) is 13.1 Å². The molecule has 1 saturated carbocycles. The van der Waals surface area contributed by atoms with E-state index in [1.165, 1.54) is 11.3 Å². The average Bonchev–Trinajstić information content (AvgIpc) is 2.95. The summed E-state index contributed by atoms with van der Waals surface area (Å²) in [6.45, 7) is 1.30. The molecule has 0 spiro atoms. The third-order valence-electron chi connectivity index (χ3n) is 2.51. The minimum absolute atomic E-state index is 0.415. The first kappa shape index (κ1) is 12.0. The summed E-state index contributed by atoms with van der Waals surface area (Å²) in [6, 6.07) is 3.53. The van der Waals surface area contributed by atoms with Crippen molar-refractivity contribution in [1.82, 2.24) is 10.0 Å². The van der Waals surface area contributed by atoms with Crippen LogP contribution in [0, 0.1) is 5.92 Å². The Morgan fingerprint density at radius 2 is 2.19 bits per heavy atom. The summed E-state index contributed by atoms with van der Waals surface area (Å²) in [7, 11) is -1.43. The Labute approximate surface area is 100 Å². The smallest absolute Gasteiger partial charge is 0.250 e. The van der Waals surface area contributed by atoms with Gasteiger partial charge in [0.15, 0.2) is 0 Å². The van der Waals surface area contributed by atoms with E-state index in [-0.39, 0.29) is 0 Å². The molecule has 0 aliphatic heterocycles. The van der Waals surface area contributed by atoms with Crippen molar-refractivity contribution in [1.29, 1.82) is 0 Å². The number of hydrogen-bond acceptors (Lipinski definition) is 4. The van der Waals surface area contributed by atoms with Crippen LogP contribution in [0.1, 0.15) is 17.7 Å². The Hall–Kier alpha value is -0.430. The van der Waals surface area contributed by atoms with E-state index in [2.05, 4.69) is 10.0 Å². The minimum atomic E-state index is -3.27. The predicted octanol–water partition coefficient (Wildman–Crippen LogP) is 1.16. The molecule has 1 aliphatic rings. The molecule has 1 aromatic rings. The van der Waals surface area contributed by atoms with Crippen LogP contribution in [0.15, 0.2) is 16.3 Å². The first-order chi connectivity index (χ1) is 7.62. The van der Waals surface area contributed by atoms with E-state index in [0.717, 1.165) is 17.7 Å². The third-order valence-corrected chi connectivity index (χ3v) is 5.51. The second kappa shape index (κ2) is 4.83. The zero-order valence-electron chi connectivity index (χ0n) is 9.19. The largest absolute Gasteiger partial charge is 0.315 e.